The molecule has 2 heteroatoms. The number of nitrogen functional groups attached to an aromatic ring is 1. The van der Waals surface area contributed by atoms with E-state index in [4.69, 9.17) is 5.73 Å². The lowest BCUT2D eigenvalue weighted by Gasteiger charge is -2.21. The van der Waals surface area contributed by atoms with E-state index in [1.807, 2.05) is 6.92 Å². The minimum atomic E-state index is 0.567. The maximum atomic E-state index is 5.85. The third kappa shape index (κ3) is 2.74. The van der Waals surface area contributed by atoms with E-state index in [9.17, 15) is 0 Å². The van der Waals surface area contributed by atoms with Crippen LogP contribution in [-0.4, -0.2) is 18.0 Å². The van der Waals surface area contributed by atoms with Crippen molar-refractivity contribution in [2.75, 3.05) is 12.8 Å². The van der Waals surface area contributed by atoms with Gasteiger partial charge >= 0.3 is 0 Å². The Morgan fingerprint density at radius 3 is 2.50 bits per heavy atom. The Morgan fingerprint density at radius 2 is 2.00 bits per heavy atom. The predicted octanol–water partition coefficient (Wildman–Crippen LogP) is 2.42. The average molecular weight is 192 g/mol. The van der Waals surface area contributed by atoms with Crippen molar-refractivity contribution in [2.45, 2.75) is 33.4 Å². The van der Waals surface area contributed by atoms with Crippen molar-refractivity contribution in [1.82, 2.24) is 4.90 Å². The first kappa shape index (κ1) is 11.1. The molecule has 0 aliphatic carbocycles. The molecule has 0 amide bonds. The summed E-state index contributed by atoms with van der Waals surface area (Å²) in [7, 11) is 2.13. The predicted molar refractivity (Wildman–Crippen MR) is 62.2 cm³/mol. The lowest BCUT2D eigenvalue weighted by molar-refractivity contribution is 0.266. The fourth-order valence-corrected chi connectivity index (χ4v) is 1.26. The van der Waals surface area contributed by atoms with Crippen LogP contribution in [0.3, 0.4) is 0 Å². The normalized spacial score (nSPS) is 11.3. The number of anilines is 1. The van der Waals surface area contributed by atoms with Crippen molar-refractivity contribution >= 4 is 5.69 Å². The van der Waals surface area contributed by atoms with E-state index in [0.717, 1.165) is 17.8 Å². The van der Waals surface area contributed by atoms with Crippen LogP contribution >= 0.6 is 0 Å². The number of aryl methyl sites for hydroxylation is 1. The van der Waals surface area contributed by atoms with Crippen LogP contribution in [0, 0.1) is 6.92 Å². The molecule has 14 heavy (non-hydrogen) atoms. The fourth-order valence-electron chi connectivity index (χ4n) is 1.26. The third-order valence-corrected chi connectivity index (χ3v) is 2.66. The van der Waals surface area contributed by atoms with Crippen molar-refractivity contribution in [2.24, 2.45) is 0 Å². The molecule has 0 unspecified atom stereocenters. The van der Waals surface area contributed by atoms with Gasteiger partial charge < -0.3 is 5.73 Å². The number of nitrogens with two attached hydrogens (primary N) is 1. The molecule has 0 spiro atoms. The highest BCUT2D eigenvalue weighted by atomic mass is 15.1. The molecule has 0 heterocycles. The summed E-state index contributed by atoms with van der Waals surface area (Å²) in [4.78, 5) is 2.30. The topological polar surface area (TPSA) is 29.3 Å². The molecule has 1 rings (SSSR count). The Morgan fingerprint density at radius 1 is 1.36 bits per heavy atom. The first-order valence-corrected chi connectivity index (χ1v) is 5.06. The van der Waals surface area contributed by atoms with Gasteiger partial charge in [-0.25, -0.2) is 0 Å². The minimum Gasteiger partial charge on any atom is -0.399 e. The summed E-state index contributed by atoms with van der Waals surface area (Å²) in [5.41, 5.74) is 9.18. The van der Waals surface area contributed by atoms with Gasteiger partial charge in [-0.1, -0.05) is 12.1 Å². The second kappa shape index (κ2) is 4.47. The van der Waals surface area contributed by atoms with Crippen molar-refractivity contribution in [3.05, 3.63) is 29.3 Å². The molecule has 78 valence electrons. The zero-order valence-corrected chi connectivity index (χ0v) is 9.54. The van der Waals surface area contributed by atoms with Crippen molar-refractivity contribution in [3.63, 3.8) is 0 Å². The number of rotatable bonds is 3. The number of hydrogen-bond donors (Lipinski definition) is 1. The summed E-state index contributed by atoms with van der Waals surface area (Å²) in [6.07, 6.45) is 0. The molecular weight excluding hydrogens is 172 g/mol. The van der Waals surface area contributed by atoms with Gasteiger partial charge in [-0.05, 0) is 45.0 Å². The zero-order chi connectivity index (χ0) is 10.7. The first-order chi connectivity index (χ1) is 6.50. The Kier molecular flexibility index (Phi) is 3.53. The first-order valence-electron chi connectivity index (χ1n) is 5.06. The standard InChI is InChI=1S/C12H20N2/c1-9(2)14(4)8-11-6-5-10(3)12(13)7-11/h5-7,9H,8,13H2,1-4H3. The van der Waals surface area contributed by atoms with Crippen LogP contribution in [0.25, 0.3) is 0 Å². The number of hydrogen-bond acceptors (Lipinski definition) is 2. The van der Waals surface area contributed by atoms with Crippen LogP contribution in [-0.2, 0) is 6.54 Å². The van der Waals surface area contributed by atoms with E-state index < -0.39 is 0 Å². The summed E-state index contributed by atoms with van der Waals surface area (Å²) < 4.78 is 0. The van der Waals surface area contributed by atoms with Crippen LogP contribution in [0.4, 0.5) is 5.69 Å². The Labute approximate surface area is 86.7 Å². The summed E-state index contributed by atoms with van der Waals surface area (Å²) in [5.74, 6) is 0. The highest BCUT2D eigenvalue weighted by Crippen LogP contribution is 2.14. The monoisotopic (exact) mass is 192 g/mol. The maximum Gasteiger partial charge on any atom is 0.0346 e. The van der Waals surface area contributed by atoms with Gasteiger partial charge in [0.15, 0.2) is 0 Å². The second-order valence-electron chi connectivity index (χ2n) is 4.20. The van der Waals surface area contributed by atoms with Crippen molar-refractivity contribution < 1.29 is 0 Å². The SMILES string of the molecule is Cc1ccc(CN(C)C(C)C)cc1N. The number of benzene rings is 1. The molecule has 0 aliphatic rings. The van der Waals surface area contributed by atoms with Gasteiger partial charge in [0.2, 0.25) is 0 Å². The van der Waals surface area contributed by atoms with Gasteiger partial charge in [0.25, 0.3) is 0 Å². The van der Waals surface area contributed by atoms with E-state index in [1.54, 1.807) is 0 Å². The Hall–Kier alpha value is -1.02. The summed E-state index contributed by atoms with van der Waals surface area (Å²) in [6, 6.07) is 6.86. The summed E-state index contributed by atoms with van der Waals surface area (Å²) in [5, 5.41) is 0. The molecule has 0 atom stereocenters. The molecule has 2 nitrogen and oxygen atoms in total. The van der Waals surface area contributed by atoms with Crippen LogP contribution < -0.4 is 5.73 Å². The highest BCUT2D eigenvalue weighted by Gasteiger charge is 2.04. The quantitative estimate of drug-likeness (QED) is 0.745. The lowest BCUT2D eigenvalue weighted by atomic mass is 10.1. The van der Waals surface area contributed by atoms with Crippen molar-refractivity contribution in [1.29, 1.82) is 0 Å². The Balaban J connectivity index is 2.73. The minimum absolute atomic E-state index is 0.567. The fraction of sp³-hybridized carbons (Fsp3) is 0.500. The van der Waals surface area contributed by atoms with Crippen LogP contribution in [0.5, 0.6) is 0 Å². The molecule has 1 aromatic rings. The molecule has 0 bridgehead atoms. The zero-order valence-electron chi connectivity index (χ0n) is 9.54. The molecule has 0 saturated heterocycles. The van der Waals surface area contributed by atoms with Gasteiger partial charge in [0.1, 0.15) is 0 Å². The summed E-state index contributed by atoms with van der Waals surface area (Å²) >= 11 is 0. The van der Waals surface area contributed by atoms with E-state index in [1.165, 1.54) is 5.56 Å². The highest BCUT2D eigenvalue weighted by molar-refractivity contribution is 5.48. The second-order valence-corrected chi connectivity index (χ2v) is 4.20. The Bertz CT molecular complexity index is 305. The molecule has 0 saturated carbocycles. The van der Waals surface area contributed by atoms with E-state index in [-0.39, 0.29) is 0 Å². The maximum absolute atomic E-state index is 5.85. The van der Waals surface area contributed by atoms with Gasteiger partial charge in [-0.15, -0.1) is 0 Å². The molecule has 2 N–H and O–H groups in total. The lowest BCUT2D eigenvalue weighted by Crippen LogP contribution is -2.25. The molecule has 0 radical (unpaired) electrons. The molecule has 1 aromatic carbocycles. The van der Waals surface area contributed by atoms with Gasteiger partial charge in [0, 0.05) is 18.3 Å². The largest absolute Gasteiger partial charge is 0.399 e. The van der Waals surface area contributed by atoms with Crippen molar-refractivity contribution in [3.8, 4) is 0 Å². The van der Waals surface area contributed by atoms with Crippen LogP contribution in [0.15, 0.2) is 18.2 Å². The molecule has 0 aliphatic heterocycles. The molecule has 0 fully saturated rings. The number of nitrogens with zero attached hydrogens (tertiary/aromatic N) is 1. The third-order valence-electron chi connectivity index (χ3n) is 2.66. The molecular formula is C12H20N2. The smallest absolute Gasteiger partial charge is 0.0346 e. The van der Waals surface area contributed by atoms with Crippen LogP contribution in [0.2, 0.25) is 0 Å². The average Bonchev–Trinajstić information content (AvgIpc) is 2.11. The van der Waals surface area contributed by atoms with E-state index >= 15 is 0 Å². The van der Waals surface area contributed by atoms with Gasteiger partial charge in [-0.3, -0.25) is 4.90 Å². The van der Waals surface area contributed by atoms with Gasteiger partial charge in [-0.2, -0.15) is 0 Å². The van der Waals surface area contributed by atoms with Crippen LogP contribution in [0.1, 0.15) is 25.0 Å². The summed E-state index contributed by atoms with van der Waals surface area (Å²) in [6.45, 7) is 7.38. The van der Waals surface area contributed by atoms with E-state index in [2.05, 4.69) is 44.0 Å². The molecule has 0 aromatic heterocycles. The van der Waals surface area contributed by atoms with E-state index in [0.29, 0.717) is 6.04 Å². The van der Waals surface area contributed by atoms with Gasteiger partial charge in [0.05, 0.1) is 0 Å².